The van der Waals surface area contributed by atoms with Gasteiger partial charge in [-0.3, -0.25) is 0 Å². The average Bonchev–Trinajstić information content (AvgIpc) is 2.47. The molecule has 0 bridgehead atoms. The van der Waals surface area contributed by atoms with E-state index in [1.165, 1.54) is 6.07 Å². The highest BCUT2D eigenvalue weighted by Gasteiger charge is 2.15. The van der Waals surface area contributed by atoms with Gasteiger partial charge in [0, 0.05) is 11.1 Å². The highest BCUT2D eigenvalue weighted by molar-refractivity contribution is 6.03. The standard InChI is InChI=1S/C9H8N2O3/c1-4-6-2-5(10)3-7(9(12)13)8(6)14-11-4/h2-3H,10H2,1H3,(H,12,13). The predicted molar refractivity (Wildman–Crippen MR) is 50.1 cm³/mol. The lowest BCUT2D eigenvalue weighted by atomic mass is 10.1. The number of anilines is 1. The van der Waals surface area contributed by atoms with E-state index in [9.17, 15) is 4.79 Å². The van der Waals surface area contributed by atoms with Gasteiger partial charge in [0.05, 0.1) is 5.69 Å². The minimum absolute atomic E-state index is 0.0422. The van der Waals surface area contributed by atoms with Gasteiger partial charge in [0.2, 0.25) is 0 Å². The van der Waals surface area contributed by atoms with Gasteiger partial charge in [-0.05, 0) is 19.1 Å². The molecular weight excluding hydrogens is 184 g/mol. The molecule has 1 heterocycles. The van der Waals surface area contributed by atoms with Crippen molar-refractivity contribution in [2.24, 2.45) is 0 Å². The lowest BCUT2D eigenvalue weighted by molar-refractivity contribution is 0.0697. The molecule has 3 N–H and O–H groups in total. The van der Waals surface area contributed by atoms with E-state index in [-0.39, 0.29) is 11.1 Å². The molecule has 1 aromatic carbocycles. The van der Waals surface area contributed by atoms with Crippen LogP contribution in [0, 0.1) is 6.92 Å². The van der Waals surface area contributed by atoms with E-state index >= 15 is 0 Å². The Morgan fingerprint density at radius 2 is 2.29 bits per heavy atom. The number of hydrogen-bond donors (Lipinski definition) is 2. The Balaban J connectivity index is 2.88. The highest BCUT2D eigenvalue weighted by Crippen LogP contribution is 2.24. The van der Waals surface area contributed by atoms with Crippen molar-refractivity contribution in [3.63, 3.8) is 0 Å². The number of aromatic carboxylic acids is 1. The number of rotatable bonds is 1. The van der Waals surface area contributed by atoms with Gasteiger partial charge in [0.1, 0.15) is 5.56 Å². The van der Waals surface area contributed by atoms with Crippen LogP contribution in [0.15, 0.2) is 16.7 Å². The van der Waals surface area contributed by atoms with E-state index in [2.05, 4.69) is 5.16 Å². The van der Waals surface area contributed by atoms with E-state index in [0.717, 1.165) is 0 Å². The lowest BCUT2D eigenvalue weighted by Crippen LogP contribution is -1.98. The Labute approximate surface area is 79.1 Å². The molecule has 0 fully saturated rings. The van der Waals surface area contributed by atoms with Crippen LogP contribution >= 0.6 is 0 Å². The third-order valence-corrected chi connectivity index (χ3v) is 2.01. The molecule has 0 spiro atoms. The van der Waals surface area contributed by atoms with E-state index in [4.69, 9.17) is 15.4 Å². The summed E-state index contributed by atoms with van der Waals surface area (Å²) in [4.78, 5) is 10.8. The molecule has 1 aromatic heterocycles. The number of carboxylic acids is 1. The summed E-state index contributed by atoms with van der Waals surface area (Å²) in [5.41, 5.74) is 6.89. The van der Waals surface area contributed by atoms with E-state index in [1.807, 2.05) is 0 Å². The van der Waals surface area contributed by atoms with Crippen LogP contribution in [0.3, 0.4) is 0 Å². The zero-order chi connectivity index (χ0) is 10.3. The minimum Gasteiger partial charge on any atom is -0.478 e. The molecule has 0 amide bonds. The molecule has 0 aliphatic heterocycles. The van der Waals surface area contributed by atoms with Crippen LogP contribution in [0.1, 0.15) is 16.1 Å². The molecule has 5 heteroatoms. The summed E-state index contributed by atoms with van der Waals surface area (Å²) in [5, 5.41) is 13.2. The van der Waals surface area contributed by atoms with Crippen LogP contribution < -0.4 is 5.73 Å². The third kappa shape index (κ3) is 1.10. The summed E-state index contributed by atoms with van der Waals surface area (Å²) in [7, 11) is 0. The number of aryl methyl sites for hydroxylation is 1. The summed E-state index contributed by atoms with van der Waals surface area (Å²) >= 11 is 0. The first-order chi connectivity index (χ1) is 6.59. The van der Waals surface area contributed by atoms with Crippen molar-refractivity contribution in [3.8, 4) is 0 Å². The Hall–Kier alpha value is -2.04. The maximum atomic E-state index is 10.8. The van der Waals surface area contributed by atoms with Crippen molar-refractivity contribution in [2.75, 3.05) is 5.73 Å². The lowest BCUT2D eigenvalue weighted by Gasteiger charge is -1.97. The maximum absolute atomic E-state index is 10.8. The van der Waals surface area contributed by atoms with Crippen LogP contribution in [0.2, 0.25) is 0 Å². The van der Waals surface area contributed by atoms with Gasteiger partial charge in [-0.15, -0.1) is 0 Å². The van der Waals surface area contributed by atoms with Gasteiger partial charge in [-0.1, -0.05) is 5.16 Å². The first-order valence-electron chi connectivity index (χ1n) is 3.98. The van der Waals surface area contributed by atoms with Crippen LogP contribution in [-0.2, 0) is 0 Å². The molecule has 14 heavy (non-hydrogen) atoms. The van der Waals surface area contributed by atoms with Crippen molar-refractivity contribution < 1.29 is 14.4 Å². The molecule has 0 saturated carbocycles. The van der Waals surface area contributed by atoms with Crippen LogP contribution in [-0.4, -0.2) is 16.2 Å². The van der Waals surface area contributed by atoms with Crippen molar-refractivity contribution in [1.29, 1.82) is 0 Å². The fourth-order valence-corrected chi connectivity index (χ4v) is 1.34. The fourth-order valence-electron chi connectivity index (χ4n) is 1.34. The van der Waals surface area contributed by atoms with Crippen LogP contribution in [0.5, 0.6) is 0 Å². The second-order valence-corrected chi connectivity index (χ2v) is 3.02. The van der Waals surface area contributed by atoms with E-state index in [1.54, 1.807) is 13.0 Å². The fraction of sp³-hybridized carbons (Fsp3) is 0.111. The largest absolute Gasteiger partial charge is 0.478 e. The summed E-state index contributed by atoms with van der Waals surface area (Å²) in [6.45, 7) is 1.73. The predicted octanol–water partition coefficient (Wildman–Crippen LogP) is 1.42. The molecule has 72 valence electrons. The molecule has 0 saturated heterocycles. The first-order valence-corrected chi connectivity index (χ1v) is 3.98. The quantitative estimate of drug-likeness (QED) is 0.667. The number of nitrogen functional groups attached to an aromatic ring is 1. The Morgan fingerprint density at radius 1 is 1.57 bits per heavy atom. The van der Waals surface area contributed by atoms with Gasteiger partial charge >= 0.3 is 5.97 Å². The molecule has 0 atom stereocenters. The highest BCUT2D eigenvalue weighted by atomic mass is 16.5. The molecule has 0 unspecified atom stereocenters. The summed E-state index contributed by atoms with van der Waals surface area (Å²) in [6.07, 6.45) is 0. The third-order valence-electron chi connectivity index (χ3n) is 2.01. The summed E-state index contributed by atoms with van der Waals surface area (Å²) < 4.78 is 4.91. The Bertz CT molecular complexity index is 516. The molecule has 5 nitrogen and oxygen atoms in total. The van der Waals surface area contributed by atoms with Crippen molar-refractivity contribution in [1.82, 2.24) is 5.16 Å². The molecule has 0 radical (unpaired) electrons. The second kappa shape index (κ2) is 2.73. The summed E-state index contributed by atoms with van der Waals surface area (Å²) in [6, 6.07) is 3.00. The smallest absolute Gasteiger partial charge is 0.339 e. The SMILES string of the molecule is Cc1noc2c(C(=O)O)cc(N)cc12. The number of aromatic nitrogens is 1. The van der Waals surface area contributed by atoms with Crippen LogP contribution in [0.25, 0.3) is 11.0 Å². The zero-order valence-corrected chi connectivity index (χ0v) is 7.44. The normalized spacial score (nSPS) is 10.6. The number of benzene rings is 1. The molecule has 2 aromatic rings. The molecule has 2 rings (SSSR count). The zero-order valence-electron chi connectivity index (χ0n) is 7.44. The topological polar surface area (TPSA) is 89.3 Å². The average molecular weight is 192 g/mol. The number of carboxylic acid groups (broad SMARTS) is 1. The molecule has 0 aliphatic carbocycles. The maximum Gasteiger partial charge on any atom is 0.339 e. The summed E-state index contributed by atoms with van der Waals surface area (Å²) in [5.74, 6) is -1.07. The van der Waals surface area contributed by atoms with Gasteiger partial charge in [0.25, 0.3) is 0 Å². The number of nitrogens with two attached hydrogens (primary N) is 1. The van der Waals surface area contributed by atoms with Crippen molar-refractivity contribution >= 4 is 22.6 Å². The second-order valence-electron chi connectivity index (χ2n) is 3.02. The number of fused-ring (bicyclic) bond motifs is 1. The van der Waals surface area contributed by atoms with E-state index < -0.39 is 5.97 Å². The minimum atomic E-state index is -1.07. The van der Waals surface area contributed by atoms with Gasteiger partial charge in [-0.25, -0.2) is 4.79 Å². The molecular formula is C9H8N2O3. The molecule has 0 aliphatic rings. The van der Waals surface area contributed by atoms with Gasteiger partial charge in [0.15, 0.2) is 5.58 Å². The van der Waals surface area contributed by atoms with Crippen LogP contribution in [0.4, 0.5) is 5.69 Å². The Morgan fingerprint density at radius 3 is 2.93 bits per heavy atom. The van der Waals surface area contributed by atoms with Gasteiger partial charge < -0.3 is 15.4 Å². The Kier molecular flexibility index (Phi) is 1.67. The first kappa shape index (κ1) is 8.55. The van der Waals surface area contributed by atoms with E-state index in [0.29, 0.717) is 16.8 Å². The van der Waals surface area contributed by atoms with Crippen molar-refractivity contribution in [2.45, 2.75) is 6.92 Å². The van der Waals surface area contributed by atoms with Gasteiger partial charge in [-0.2, -0.15) is 0 Å². The van der Waals surface area contributed by atoms with Crippen molar-refractivity contribution in [3.05, 3.63) is 23.4 Å². The monoisotopic (exact) mass is 192 g/mol. The number of nitrogens with zero attached hydrogens (tertiary/aromatic N) is 1. The number of carbonyl (C=O) groups is 1. The number of hydrogen-bond acceptors (Lipinski definition) is 4.